The van der Waals surface area contributed by atoms with Crippen molar-refractivity contribution in [2.45, 2.75) is 12.8 Å². The molecular weight excluding hydrogens is 278 g/mol. The molecule has 0 spiro atoms. The van der Waals surface area contributed by atoms with E-state index in [-0.39, 0.29) is 0 Å². The number of nitrogen functional groups attached to an aromatic ring is 1. The lowest BCUT2D eigenvalue weighted by Gasteiger charge is -2.30. The Bertz CT molecular complexity index is 1170. The summed E-state index contributed by atoms with van der Waals surface area (Å²) >= 11 is 0. The number of anilines is 1. The maximum Gasteiger partial charge on any atom is 0.0356 e. The molecule has 2 N–H and O–H groups in total. The van der Waals surface area contributed by atoms with Crippen molar-refractivity contribution in [1.82, 2.24) is 0 Å². The van der Waals surface area contributed by atoms with Crippen molar-refractivity contribution in [2.75, 3.05) is 5.73 Å². The minimum Gasteiger partial charge on any atom is -0.398 e. The summed E-state index contributed by atoms with van der Waals surface area (Å²) in [7, 11) is 0. The molecule has 4 aromatic carbocycles. The summed E-state index contributed by atoms with van der Waals surface area (Å²) in [5.41, 5.74) is 15.8. The van der Waals surface area contributed by atoms with E-state index in [9.17, 15) is 0 Å². The highest BCUT2D eigenvalue weighted by atomic mass is 14.6. The lowest BCUT2D eigenvalue weighted by atomic mass is 9.74. The first-order valence-corrected chi connectivity index (χ1v) is 8.18. The highest BCUT2D eigenvalue weighted by Crippen LogP contribution is 2.49. The van der Waals surface area contributed by atoms with Gasteiger partial charge in [0.1, 0.15) is 0 Å². The van der Waals surface area contributed by atoms with E-state index in [1.165, 1.54) is 54.9 Å². The standard InChI is InChI=1S/C22H15N/c23-18-9-8-13-5-6-15-10-14-3-1-2-12-4-7-16-11-17(18)20(13)22(15)21(16)19(12)14/h1-9H,10-11,23H2. The van der Waals surface area contributed by atoms with Crippen molar-refractivity contribution in [3.8, 4) is 11.1 Å². The quantitative estimate of drug-likeness (QED) is 0.390. The zero-order chi connectivity index (χ0) is 15.1. The van der Waals surface area contributed by atoms with Crippen molar-refractivity contribution in [3.05, 3.63) is 76.9 Å². The first kappa shape index (κ1) is 11.7. The van der Waals surface area contributed by atoms with E-state index in [2.05, 4.69) is 54.6 Å². The van der Waals surface area contributed by atoms with Gasteiger partial charge >= 0.3 is 0 Å². The van der Waals surface area contributed by atoms with E-state index in [0.717, 1.165) is 18.5 Å². The largest absolute Gasteiger partial charge is 0.398 e. The molecule has 6 rings (SSSR count). The Morgan fingerprint density at radius 3 is 2.17 bits per heavy atom. The van der Waals surface area contributed by atoms with Crippen LogP contribution in [0.25, 0.3) is 32.7 Å². The molecule has 0 fully saturated rings. The van der Waals surface area contributed by atoms with E-state index in [4.69, 9.17) is 5.73 Å². The van der Waals surface area contributed by atoms with Crippen molar-refractivity contribution in [1.29, 1.82) is 0 Å². The molecule has 2 aliphatic carbocycles. The van der Waals surface area contributed by atoms with Gasteiger partial charge in [-0.25, -0.2) is 0 Å². The smallest absolute Gasteiger partial charge is 0.0356 e. The SMILES string of the molecule is Nc1ccc2ccc3c4c2c1Cc1ccc2cccc(c2c1-4)C3. The van der Waals surface area contributed by atoms with Crippen molar-refractivity contribution in [3.63, 3.8) is 0 Å². The fraction of sp³-hybridized carbons (Fsp3) is 0.0909. The van der Waals surface area contributed by atoms with Crippen molar-refractivity contribution < 1.29 is 0 Å². The molecule has 0 unspecified atom stereocenters. The average molecular weight is 293 g/mol. The zero-order valence-corrected chi connectivity index (χ0v) is 12.7. The van der Waals surface area contributed by atoms with Gasteiger partial charge in [0.05, 0.1) is 0 Å². The number of benzene rings is 4. The van der Waals surface area contributed by atoms with E-state index in [1.54, 1.807) is 0 Å². The van der Waals surface area contributed by atoms with Gasteiger partial charge in [0.15, 0.2) is 0 Å². The minimum atomic E-state index is 0.926. The van der Waals surface area contributed by atoms with Gasteiger partial charge in [0.25, 0.3) is 0 Å². The summed E-state index contributed by atoms with van der Waals surface area (Å²) < 4.78 is 0. The molecule has 0 atom stereocenters. The maximum atomic E-state index is 6.34. The normalized spacial score (nSPS) is 13.9. The number of nitrogens with two attached hydrogens (primary N) is 1. The second-order valence-corrected chi connectivity index (χ2v) is 6.80. The second kappa shape index (κ2) is 3.75. The van der Waals surface area contributed by atoms with Crippen LogP contribution >= 0.6 is 0 Å². The molecule has 0 bridgehead atoms. The van der Waals surface area contributed by atoms with Crippen LogP contribution in [-0.2, 0) is 12.8 Å². The molecule has 0 aromatic heterocycles. The molecule has 2 aliphatic rings. The van der Waals surface area contributed by atoms with Crippen LogP contribution in [0, 0.1) is 0 Å². The van der Waals surface area contributed by atoms with Crippen LogP contribution < -0.4 is 5.73 Å². The highest BCUT2D eigenvalue weighted by Gasteiger charge is 2.28. The van der Waals surface area contributed by atoms with E-state index in [1.807, 2.05) is 0 Å². The third-order valence-corrected chi connectivity index (χ3v) is 5.63. The summed E-state index contributed by atoms with van der Waals surface area (Å²) in [5, 5.41) is 5.52. The summed E-state index contributed by atoms with van der Waals surface area (Å²) in [6, 6.07) is 20.1. The van der Waals surface area contributed by atoms with Gasteiger partial charge in [0, 0.05) is 12.1 Å². The number of hydrogen-bond donors (Lipinski definition) is 1. The zero-order valence-electron chi connectivity index (χ0n) is 12.7. The van der Waals surface area contributed by atoms with Gasteiger partial charge in [-0.3, -0.25) is 0 Å². The molecule has 0 heterocycles. The molecule has 0 amide bonds. The van der Waals surface area contributed by atoms with Crippen LogP contribution in [0.3, 0.4) is 0 Å². The predicted molar refractivity (Wildman–Crippen MR) is 96.9 cm³/mol. The third kappa shape index (κ3) is 1.30. The van der Waals surface area contributed by atoms with Crippen LogP contribution in [0.15, 0.2) is 54.6 Å². The molecule has 0 aliphatic heterocycles. The molecule has 1 heteroatoms. The van der Waals surface area contributed by atoms with Crippen LogP contribution in [0.5, 0.6) is 0 Å². The van der Waals surface area contributed by atoms with Crippen LogP contribution in [0.4, 0.5) is 5.69 Å². The summed E-state index contributed by atoms with van der Waals surface area (Å²) in [4.78, 5) is 0. The van der Waals surface area contributed by atoms with Gasteiger partial charge in [0.2, 0.25) is 0 Å². The first-order chi connectivity index (χ1) is 11.3. The fourth-order valence-electron chi connectivity index (χ4n) is 4.65. The average Bonchev–Trinajstić information content (AvgIpc) is 2.59. The Hall–Kier alpha value is -2.80. The van der Waals surface area contributed by atoms with E-state index in [0.29, 0.717) is 0 Å². The van der Waals surface area contributed by atoms with Crippen LogP contribution in [0.1, 0.15) is 22.3 Å². The number of hydrogen-bond acceptors (Lipinski definition) is 1. The van der Waals surface area contributed by atoms with Gasteiger partial charge in [-0.05, 0) is 67.4 Å². The lowest BCUT2D eigenvalue weighted by molar-refractivity contribution is 1.15. The van der Waals surface area contributed by atoms with Gasteiger partial charge in [-0.1, -0.05) is 48.5 Å². The Morgan fingerprint density at radius 1 is 0.609 bits per heavy atom. The van der Waals surface area contributed by atoms with Crippen molar-refractivity contribution >= 4 is 27.2 Å². The second-order valence-electron chi connectivity index (χ2n) is 6.80. The summed E-state index contributed by atoms with van der Waals surface area (Å²) in [5.74, 6) is 0. The molecule has 23 heavy (non-hydrogen) atoms. The highest BCUT2D eigenvalue weighted by molar-refractivity contribution is 6.14. The summed E-state index contributed by atoms with van der Waals surface area (Å²) in [6.45, 7) is 0. The third-order valence-electron chi connectivity index (χ3n) is 5.63. The monoisotopic (exact) mass is 293 g/mol. The first-order valence-electron chi connectivity index (χ1n) is 8.18. The molecule has 0 radical (unpaired) electrons. The van der Waals surface area contributed by atoms with Gasteiger partial charge in [-0.2, -0.15) is 0 Å². The fourth-order valence-corrected chi connectivity index (χ4v) is 4.65. The maximum absolute atomic E-state index is 6.34. The molecule has 108 valence electrons. The van der Waals surface area contributed by atoms with Gasteiger partial charge < -0.3 is 5.73 Å². The van der Waals surface area contributed by atoms with E-state index < -0.39 is 0 Å². The van der Waals surface area contributed by atoms with Crippen molar-refractivity contribution in [2.24, 2.45) is 0 Å². The Labute approximate surface area is 134 Å². The topological polar surface area (TPSA) is 26.0 Å². The Morgan fingerprint density at radius 2 is 1.30 bits per heavy atom. The molecule has 0 saturated carbocycles. The van der Waals surface area contributed by atoms with Crippen LogP contribution in [-0.4, -0.2) is 0 Å². The molecule has 4 aromatic rings. The molecular formula is C22H15N. The molecule has 1 nitrogen and oxygen atoms in total. The van der Waals surface area contributed by atoms with Gasteiger partial charge in [-0.15, -0.1) is 0 Å². The predicted octanol–water partition coefficient (Wildman–Crippen LogP) is 5.05. The lowest BCUT2D eigenvalue weighted by Crippen LogP contribution is -2.11. The van der Waals surface area contributed by atoms with Crippen LogP contribution in [0.2, 0.25) is 0 Å². The van der Waals surface area contributed by atoms with E-state index >= 15 is 0 Å². The summed E-state index contributed by atoms with van der Waals surface area (Å²) in [6.07, 6.45) is 1.96. The Balaban J connectivity index is 1.95. The Kier molecular flexibility index (Phi) is 1.91. The molecule has 0 saturated heterocycles. The number of rotatable bonds is 0. The minimum absolute atomic E-state index is 0.926.